The second kappa shape index (κ2) is 5.04. The van der Waals surface area contributed by atoms with E-state index in [2.05, 4.69) is 19.9 Å². The minimum Gasteiger partial charge on any atom is -0.312 e. The molecule has 80 valence electrons. The molecule has 1 fully saturated rings. The summed E-state index contributed by atoms with van der Waals surface area (Å²) in [6.45, 7) is 4.45. The third-order valence-corrected chi connectivity index (χ3v) is 4.44. The predicted molar refractivity (Wildman–Crippen MR) is 62.0 cm³/mol. The zero-order valence-electron chi connectivity index (χ0n) is 9.12. The molecule has 2 N–H and O–H groups in total. The van der Waals surface area contributed by atoms with Crippen molar-refractivity contribution < 1.29 is 0 Å². The Labute approximate surface area is 91.2 Å². The highest BCUT2D eigenvalue weighted by molar-refractivity contribution is 7.99. The zero-order valence-corrected chi connectivity index (χ0v) is 9.94. The molecule has 0 aromatic rings. The van der Waals surface area contributed by atoms with E-state index in [1.807, 2.05) is 11.8 Å². The lowest BCUT2D eigenvalue weighted by molar-refractivity contribution is 0.531. The molecule has 0 amide bonds. The van der Waals surface area contributed by atoms with E-state index in [1.54, 1.807) is 0 Å². The Bertz CT molecular complexity index is 220. The van der Waals surface area contributed by atoms with Gasteiger partial charge >= 0.3 is 0 Å². The molecule has 1 aliphatic carbocycles. The molecule has 3 heteroatoms. The first-order chi connectivity index (χ1) is 6.62. The van der Waals surface area contributed by atoms with Crippen LogP contribution in [-0.4, -0.2) is 17.0 Å². The lowest BCUT2D eigenvalue weighted by Crippen LogP contribution is -2.43. The van der Waals surface area contributed by atoms with Crippen LogP contribution in [0.15, 0.2) is 0 Å². The highest BCUT2D eigenvalue weighted by atomic mass is 32.2. The number of hydrogen-bond donors (Lipinski definition) is 1. The summed E-state index contributed by atoms with van der Waals surface area (Å²) in [6, 6.07) is 2.29. The van der Waals surface area contributed by atoms with Crippen LogP contribution in [0.5, 0.6) is 0 Å². The fourth-order valence-corrected chi connectivity index (χ4v) is 2.78. The van der Waals surface area contributed by atoms with Crippen molar-refractivity contribution in [3.63, 3.8) is 0 Å². The van der Waals surface area contributed by atoms with E-state index < -0.39 is 5.54 Å². The van der Waals surface area contributed by atoms with Gasteiger partial charge in [-0.2, -0.15) is 17.0 Å². The summed E-state index contributed by atoms with van der Waals surface area (Å²) < 4.78 is 0. The molecule has 1 aliphatic rings. The van der Waals surface area contributed by atoms with Gasteiger partial charge in [0.25, 0.3) is 0 Å². The second-order valence-electron chi connectivity index (χ2n) is 4.45. The SMILES string of the molecule is CCC(C)CSCC(N)(C#N)C1CC1. The van der Waals surface area contributed by atoms with Gasteiger partial charge in [0, 0.05) is 5.75 Å². The Kier molecular flexibility index (Phi) is 4.28. The number of nitrogens with zero attached hydrogens (tertiary/aromatic N) is 1. The van der Waals surface area contributed by atoms with Crippen LogP contribution in [0, 0.1) is 23.2 Å². The molecule has 0 saturated heterocycles. The molecule has 0 bridgehead atoms. The first-order valence-electron chi connectivity index (χ1n) is 5.40. The van der Waals surface area contributed by atoms with Crippen molar-refractivity contribution in [1.82, 2.24) is 0 Å². The van der Waals surface area contributed by atoms with Crippen molar-refractivity contribution in [2.45, 2.75) is 38.6 Å². The molecule has 0 radical (unpaired) electrons. The third kappa shape index (κ3) is 3.18. The standard InChI is InChI=1S/C11H20N2S/c1-3-9(2)6-14-8-11(13,7-12)10-4-5-10/h9-10H,3-6,8,13H2,1-2H3. The maximum atomic E-state index is 9.03. The normalized spacial score (nSPS) is 22.4. The first-order valence-corrected chi connectivity index (χ1v) is 6.55. The Morgan fingerprint density at radius 1 is 1.64 bits per heavy atom. The van der Waals surface area contributed by atoms with Crippen LogP contribution in [0.25, 0.3) is 0 Å². The van der Waals surface area contributed by atoms with E-state index in [4.69, 9.17) is 11.0 Å². The molecule has 0 spiro atoms. The van der Waals surface area contributed by atoms with Crippen LogP contribution in [-0.2, 0) is 0 Å². The summed E-state index contributed by atoms with van der Waals surface area (Å²) in [5.41, 5.74) is 5.50. The quantitative estimate of drug-likeness (QED) is 0.735. The minimum absolute atomic E-state index is 0.469. The van der Waals surface area contributed by atoms with Crippen molar-refractivity contribution >= 4 is 11.8 Å². The van der Waals surface area contributed by atoms with E-state index in [0.717, 1.165) is 30.3 Å². The Hall–Kier alpha value is -0.200. The molecule has 14 heavy (non-hydrogen) atoms. The summed E-state index contributed by atoms with van der Waals surface area (Å²) in [5, 5.41) is 9.03. The number of nitriles is 1. The summed E-state index contributed by atoms with van der Waals surface area (Å²) in [4.78, 5) is 0. The topological polar surface area (TPSA) is 49.8 Å². The van der Waals surface area contributed by atoms with E-state index in [1.165, 1.54) is 6.42 Å². The second-order valence-corrected chi connectivity index (χ2v) is 5.49. The minimum atomic E-state index is -0.544. The predicted octanol–water partition coefficient (Wildman–Crippen LogP) is 2.40. The van der Waals surface area contributed by atoms with Gasteiger partial charge in [-0.25, -0.2) is 0 Å². The van der Waals surface area contributed by atoms with Gasteiger partial charge in [-0.15, -0.1) is 0 Å². The van der Waals surface area contributed by atoms with Crippen LogP contribution in [0.4, 0.5) is 0 Å². The van der Waals surface area contributed by atoms with Gasteiger partial charge in [0.15, 0.2) is 0 Å². The summed E-state index contributed by atoms with van der Waals surface area (Å²) in [6.07, 6.45) is 3.50. The van der Waals surface area contributed by atoms with Crippen LogP contribution >= 0.6 is 11.8 Å². The molecule has 0 aromatic carbocycles. The highest BCUT2D eigenvalue weighted by Gasteiger charge is 2.42. The van der Waals surface area contributed by atoms with Crippen LogP contribution in [0.3, 0.4) is 0 Å². The summed E-state index contributed by atoms with van der Waals surface area (Å²) in [7, 11) is 0. The molecule has 2 atom stereocenters. The number of hydrogen-bond acceptors (Lipinski definition) is 3. The molecule has 1 rings (SSSR count). The van der Waals surface area contributed by atoms with E-state index >= 15 is 0 Å². The van der Waals surface area contributed by atoms with Crippen LogP contribution in [0.2, 0.25) is 0 Å². The fraction of sp³-hybridized carbons (Fsp3) is 0.909. The molecule has 0 aliphatic heterocycles. The third-order valence-electron chi connectivity index (χ3n) is 2.95. The molecule has 2 nitrogen and oxygen atoms in total. The summed E-state index contributed by atoms with van der Waals surface area (Å²) >= 11 is 1.84. The Morgan fingerprint density at radius 2 is 2.29 bits per heavy atom. The van der Waals surface area contributed by atoms with Crippen LogP contribution in [0.1, 0.15) is 33.1 Å². The van der Waals surface area contributed by atoms with E-state index in [0.29, 0.717) is 5.92 Å². The number of rotatable bonds is 6. The van der Waals surface area contributed by atoms with Gasteiger partial charge in [-0.05, 0) is 30.4 Å². The Morgan fingerprint density at radius 3 is 2.71 bits per heavy atom. The maximum absolute atomic E-state index is 9.03. The summed E-state index contributed by atoms with van der Waals surface area (Å²) in [5.74, 6) is 3.14. The molecule has 2 unspecified atom stereocenters. The van der Waals surface area contributed by atoms with Crippen molar-refractivity contribution in [3.8, 4) is 6.07 Å². The van der Waals surface area contributed by atoms with Crippen molar-refractivity contribution in [2.24, 2.45) is 17.6 Å². The Balaban J connectivity index is 2.25. The molecule has 0 heterocycles. The monoisotopic (exact) mass is 212 g/mol. The number of thioether (sulfide) groups is 1. The lowest BCUT2D eigenvalue weighted by atomic mass is 10.00. The fourth-order valence-electron chi connectivity index (χ4n) is 1.39. The van der Waals surface area contributed by atoms with Gasteiger partial charge in [0.2, 0.25) is 0 Å². The zero-order chi connectivity index (χ0) is 10.6. The maximum Gasteiger partial charge on any atom is 0.116 e. The molecular weight excluding hydrogens is 192 g/mol. The molecule has 1 saturated carbocycles. The van der Waals surface area contributed by atoms with Gasteiger partial charge in [0.1, 0.15) is 5.54 Å². The van der Waals surface area contributed by atoms with Gasteiger partial charge < -0.3 is 5.73 Å². The van der Waals surface area contributed by atoms with Gasteiger partial charge in [-0.1, -0.05) is 20.3 Å². The average molecular weight is 212 g/mol. The van der Waals surface area contributed by atoms with Crippen molar-refractivity contribution in [3.05, 3.63) is 0 Å². The van der Waals surface area contributed by atoms with Crippen molar-refractivity contribution in [1.29, 1.82) is 5.26 Å². The average Bonchev–Trinajstić information content (AvgIpc) is 3.00. The largest absolute Gasteiger partial charge is 0.312 e. The van der Waals surface area contributed by atoms with E-state index in [9.17, 15) is 0 Å². The number of nitrogens with two attached hydrogens (primary N) is 1. The molecular formula is C11H20N2S. The van der Waals surface area contributed by atoms with Crippen LogP contribution < -0.4 is 5.73 Å². The van der Waals surface area contributed by atoms with Crippen molar-refractivity contribution in [2.75, 3.05) is 11.5 Å². The highest BCUT2D eigenvalue weighted by Crippen LogP contribution is 2.39. The first kappa shape index (κ1) is 11.9. The molecule has 0 aromatic heterocycles. The lowest BCUT2D eigenvalue weighted by Gasteiger charge is -2.21. The van der Waals surface area contributed by atoms with E-state index in [-0.39, 0.29) is 0 Å². The van der Waals surface area contributed by atoms with Gasteiger partial charge in [-0.3, -0.25) is 0 Å². The van der Waals surface area contributed by atoms with Gasteiger partial charge in [0.05, 0.1) is 6.07 Å². The smallest absolute Gasteiger partial charge is 0.116 e.